The van der Waals surface area contributed by atoms with Gasteiger partial charge < -0.3 is 10.6 Å². The van der Waals surface area contributed by atoms with Gasteiger partial charge in [-0.1, -0.05) is 47.0 Å². The van der Waals surface area contributed by atoms with Crippen LogP contribution in [0.25, 0.3) is 0 Å². The van der Waals surface area contributed by atoms with Crippen molar-refractivity contribution in [3.63, 3.8) is 0 Å². The Labute approximate surface area is 130 Å². The van der Waals surface area contributed by atoms with Gasteiger partial charge in [-0.3, -0.25) is 0 Å². The maximum atomic E-state index is 4.47. The molecule has 0 aromatic carbocycles. The Kier molecular flexibility index (Phi) is 8.09. The maximum absolute atomic E-state index is 4.47. The average molecular weight is 292 g/mol. The van der Waals surface area contributed by atoms with Crippen LogP contribution in [0.3, 0.4) is 0 Å². The monoisotopic (exact) mass is 292 g/mol. The Balaban J connectivity index is 2.79. The summed E-state index contributed by atoms with van der Waals surface area (Å²) in [6, 6.07) is 0. The van der Waals surface area contributed by atoms with Crippen LogP contribution in [0.5, 0.6) is 0 Å². The summed E-state index contributed by atoms with van der Waals surface area (Å²) in [5.41, 5.74) is 1.20. The number of hydrogen-bond donors (Lipinski definition) is 2. The number of rotatable bonds is 10. The van der Waals surface area contributed by atoms with Gasteiger partial charge in [-0.2, -0.15) is 0 Å². The molecule has 2 N–H and O–H groups in total. The van der Waals surface area contributed by atoms with E-state index in [4.69, 9.17) is 0 Å². The molecule has 120 valence electrons. The lowest BCUT2D eigenvalue weighted by Gasteiger charge is -2.20. The highest BCUT2D eigenvalue weighted by Gasteiger charge is 2.15. The summed E-state index contributed by atoms with van der Waals surface area (Å²) in [6.45, 7) is 12.9. The maximum Gasteiger partial charge on any atom is 0.134 e. The molecule has 21 heavy (non-hydrogen) atoms. The quantitative estimate of drug-likeness (QED) is 0.658. The number of anilines is 2. The molecule has 1 rings (SSSR count). The van der Waals surface area contributed by atoms with Crippen molar-refractivity contribution in [2.75, 3.05) is 23.7 Å². The van der Waals surface area contributed by atoms with Crippen LogP contribution in [0.2, 0.25) is 0 Å². The fourth-order valence-electron chi connectivity index (χ4n) is 2.58. The minimum atomic E-state index is 0.401. The lowest BCUT2D eigenvalue weighted by Crippen LogP contribution is -2.17. The zero-order valence-electron chi connectivity index (χ0n) is 14.4. The fraction of sp³-hybridized carbons (Fsp3) is 0.765. The molecule has 1 heterocycles. The summed E-state index contributed by atoms with van der Waals surface area (Å²) < 4.78 is 0. The summed E-state index contributed by atoms with van der Waals surface area (Å²) in [7, 11) is 0. The highest BCUT2D eigenvalue weighted by Crippen LogP contribution is 2.28. The molecule has 0 aliphatic carbocycles. The van der Waals surface area contributed by atoms with E-state index in [2.05, 4.69) is 55.2 Å². The molecule has 0 spiro atoms. The Bertz CT molecular complexity index is 404. The molecule has 0 saturated heterocycles. The van der Waals surface area contributed by atoms with E-state index in [1.165, 1.54) is 31.2 Å². The normalized spacial score (nSPS) is 12.5. The van der Waals surface area contributed by atoms with E-state index < -0.39 is 0 Å². The van der Waals surface area contributed by atoms with Crippen LogP contribution >= 0.6 is 0 Å². The topological polar surface area (TPSA) is 49.8 Å². The van der Waals surface area contributed by atoms with Crippen LogP contribution in [0, 0.1) is 5.92 Å². The first-order chi connectivity index (χ1) is 10.1. The first-order valence-corrected chi connectivity index (χ1v) is 8.46. The highest BCUT2D eigenvalue weighted by atomic mass is 15.1. The van der Waals surface area contributed by atoms with E-state index in [0.29, 0.717) is 5.92 Å². The lowest BCUT2D eigenvalue weighted by molar-refractivity contribution is 0.472. The molecule has 0 fully saturated rings. The SMILES string of the molecule is CCCCC(CC)CNc1ncnc(NCC)c1C(C)C. The molecule has 0 amide bonds. The Morgan fingerprint density at radius 2 is 1.71 bits per heavy atom. The average Bonchev–Trinajstić information content (AvgIpc) is 2.47. The third-order valence-electron chi connectivity index (χ3n) is 3.91. The van der Waals surface area contributed by atoms with Gasteiger partial charge in [-0.05, 0) is 25.2 Å². The van der Waals surface area contributed by atoms with Gasteiger partial charge in [0.15, 0.2) is 0 Å². The Morgan fingerprint density at radius 3 is 2.24 bits per heavy atom. The smallest absolute Gasteiger partial charge is 0.134 e. The molecule has 0 saturated carbocycles. The molecule has 0 aliphatic rings. The van der Waals surface area contributed by atoms with E-state index >= 15 is 0 Å². The fourth-order valence-corrected chi connectivity index (χ4v) is 2.58. The molecule has 1 unspecified atom stereocenters. The van der Waals surface area contributed by atoms with Gasteiger partial charge in [0.1, 0.15) is 18.0 Å². The van der Waals surface area contributed by atoms with E-state index in [1.54, 1.807) is 6.33 Å². The first-order valence-electron chi connectivity index (χ1n) is 8.46. The molecular formula is C17H32N4. The second-order valence-corrected chi connectivity index (χ2v) is 5.97. The summed E-state index contributed by atoms with van der Waals surface area (Å²) >= 11 is 0. The molecule has 1 aromatic heterocycles. The van der Waals surface area contributed by atoms with Crippen LogP contribution in [-0.2, 0) is 0 Å². The molecule has 0 bridgehead atoms. The van der Waals surface area contributed by atoms with Crippen molar-refractivity contribution in [1.29, 1.82) is 0 Å². The predicted molar refractivity (Wildman–Crippen MR) is 92.1 cm³/mol. The van der Waals surface area contributed by atoms with E-state index in [9.17, 15) is 0 Å². The largest absolute Gasteiger partial charge is 0.370 e. The first kappa shape index (κ1) is 17.7. The van der Waals surface area contributed by atoms with Crippen LogP contribution in [0.4, 0.5) is 11.6 Å². The number of nitrogens with one attached hydrogen (secondary N) is 2. The lowest BCUT2D eigenvalue weighted by atomic mass is 9.99. The predicted octanol–water partition coefficient (Wildman–Crippen LogP) is 4.66. The van der Waals surface area contributed by atoms with E-state index in [-0.39, 0.29) is 0 Å². The molecule has 1 aromatic rings. The minimum absolute atomic E-state index is 0.401. The van der Waals surface area contributed by atoms with Gasteiger partial charge in [-0.15, -0.1) is 0 Å². The van der Waals surface area contributed by atoms with Crippen molar-refractivity contribution in [3.05, 3.63) is 11.9 Å². The van der Waals surface area contributed by atoms with Crippen molar-refractivity contribution >= 4 is 11.6 Å². The number of hydrogen-bond acceptors (Lipinski definition) is 4. The molecular weight excluding hydrogens is 260 g/mol. The molecule has 4 nitrogen and oxygen atoms in total. The number of nitrogens with zero attached hydrogens (tertiary/aromatic N) is 2. The van der Waals surface area contributed by atoms with Gasteiger partial charge in [0.25, 0.3) is 0 Å². The van der Waals surface area contributed by atoms with Crippen LogP contribution in [-0.4, -0.2) is 23.1 Å². The Morgan fingerprint density at radius 1 is 1.05 bits per heavy atom. The molecule has 0 radical (unpaired) electrons. The summed E-state index contributed by atoms with van der Waals surface area (Å²) in [4.78, 5) is 8.85. The van der Waals surface area contributed by atoms with Crippen molar-refractivity contribution in [3.8, 4) is 0 Å². The van der Waals surface area contributed by atoms with Crippen molar-refractivity contribution in [2.45, 2.75) is 66.2 Å². The van der Waals surface area contributed by atoms with Crippen molar-refractivity contribution in [2.24, 2.45) is 5.92 Å². The van der Waals surface area contributed by atoms with Crippen LogP contribution < -0.4 is 10.6 Å². The standard InChI is InChI=1S/C17H32N4/c1-6-9-10-14(7-2)11-19-17-15(13(4)5)16(18-8-3)20-12-21-17/h12-14H,6-11H2,1-5H3,(H2,18,19,20,21). The summed E-state index contributed by atoms with van der Waals surface area (Å²) in [5.74, 6) is 3.08. The molecule has 4 heteroatoms. The summed E-state index contributed by atoms with van der Waals surface area (Å²) in [6.07, 6.45) is 6.74. The second kappa shape index (κ2) is 9.59. The second-order valence-electron chi connectivity index (χ2n) is 5.97. The van der Waals surface area contributed by atoms with Gasteiger partial charge in [0.05, 0.1) is 0 Å². The van der Waals surface area contributed by atoms with Gasteiger partial charge in [-0.25, -0.2) is 9.97 Å². The van der Waals surface area contributed by atoms with Crippen LogP contribution in [0.15, 0.2) is 6.33 Å². The van der Waals surface area contributed by atoms with Gasteiger partial charge in [0, 0.05) is 18.7 Å². The molecule has 0 aliphatic heterocycles. The summed E-state index contributed by atoms with van der Waals surface area (Å²) in [5, 5.41) is 6.90. The van der Waals surface area contributed by atoms with E-state index in [0.717, 1.165) is 30.6 Å². The van der Waals surface area contributed by atoms with Crippen molar-refractivity contribution < 1.29 is 0 Å². The number of unbranched alkanes of at least 4 members (excludes halogenated alkanes) is 1. The van der Waals surface area contributed by atoms with Gasteiger partial charge >= 0.3 is 0 Å². The third kappa shape index (κ3) is 5.52. The zero-order chi connectivity index (χ0) is 15.7. The van der Waals surface area contributed by atoms with Gasteiger partial charge in [0.2, 0.25) is 0 Å². The Hall–Kier alpha value is -1.32. The number of aromatic nitrogens is 2. The van der Waals surface area contributed by atoms with Crippen LogP contribution in [0.1, 0.15) is 71.8 Å². The minimum Gasteiger partial charge on any atom is -0.370 e. The van der Waals surface area contributed by atoms with E-state index in [1.807, 2.05) is 0 Å². The molecule has 1 atom stereocenters. The zero-order valence-corrected chi connectivity index (χ0v) is 14.4. The highest BCUT2D eigenvalue weighted by molar-refractivity contribution is 5.58. The third-order valence-corrected chi connectivity index (χ3v) is 3.91. The van der Waals surface area contributed by atoms with Crippen molar-refractivity contribution in [1.82, 2.24) is 9.97 Å².